The number of hydrogen-bond acceptors (Lipinski definition) is 12. The van der Waals surface area contributed by atoms with Crippen molar-refractivity contribution in [3.05, 3.63) is 88.8 Å². The third-order valence-electron chi connectivity index (χ3n) is 18.4. The molecular formula is C59H76ClN11O6. The molecule has 2 aromatic heterocycles. The number of piperidine rings is 2. The van der Waals surface area contributed by atoms with Crippen LogP contribution in [0.4, 0.5) is 10.6 Å². The van der Waals surface area contributed by atoms with Gasteiger partial charge in [-0.15, -0.1) is 0 Å². The smallest absolute Gasteiger partial charge is 0.416 e. The number of carbonyl (C=O) groups is 4. The zero-order valence-corrected chi connectivity index (χ0v) is 46.0. The fourth-order valence-electron chi connectivity index (χ4n) is 13.6. The number of ether oxygens (including phenoxy) is 2. The van der Waals surface area contributed by atoms with Crippen LogP contribution < -0.4 is 4.90 Å². The monoisotopic (exact) mass is 1070 g/mol. The lowest BCUT2D eigenvalue weighted by Crippen LogP contribution is -2.63. The van der Waals surface area contributed by atoms with Gasteiger partial charge < -0.3 is 34.1 Å². The lowest BCUT2D eigenvalue weighted by Gasteiger charge is -2.55. The van der Waals surface area contributed by atoms with E-state index < -0.39 is 16.6 Å². The van der Waals surface area contributed by atoms with Crippen LogP contribution in [0.15, 0.2) is 72.1 Å². The first-order valence-electron chi connectivity index (χ1n) is 28.6. The number of amides is 4. The molecular weight excluding hydrogens is 994 g/mol. The maximum atomic E-state index is 14.5. The quantitative estimate of drug-likeness (QED) is 0.138. The zero-order chi connectivity index (χ0) is 53.1. The van der Waals surface area contributed by atoms with E-state index in [4.69, 9.17) is 26.1 Å². The normalized spacial score (nSPS) is 26.9. The third kappa shape index (κ3) is 10.7. The number of aromatic nitrogens is 3. The van der Waals surface area contributed by atoms with Crippen LogP contribution in [0.1, 0.15) is 125 Å². The number of aromatic amines is 1. The van der Waals surface area contributed by atoms with Gasteiger partial charge in [0.05, 0.1) is 29.1 Å². The predicted molar refractivity (Wildman–Crippen MR) is 295 cm³/mol. The summed E-state index contributed by atoms with van der Waals surface area (Å²) in [5, 5.41) is 1.64. The van der Waals surface area contributed by atoms with Crippen molar-refractivity contribution in [1.82, 2.24) is 44.4 Å². The molecule has 2 aromatic carbocycles. The molecule has 7 saturated heterocycles. The number of halogens is 1. The van der Waals surface area contributed by atoms with Crippen molar-refractivity contribution in [3.63, 3.8) is 0 Å². The van der Waals surface area contributed by atoms with Crippen molar-refractivity contribution < 1.29 is 28.7 Å². The fourth-order valence-corrected chi connectivity index (χ4v) is 13.7. The van der Waals surface area contributed by atoms with Gasteiger partial charge in [-0.05, 0) is 133 Å². The molecule has 1 spiro atoms. The van der Waals surface area contributed by atoms with Gasteiger partial charge >= 0.3 is 6.09 Å². The first kappa shape index (κ1) is 52.1. The van der Waals surface area contributed by atoms with Crippen LogP contribution in [0.25, 0.3) is 11.0 Å². The van der Waals surface area contributed by atoms with Crippen LogP contribution in [0.5, 0.6) is 0 Å². The van der Waals surface area contributed by atoms with Crippen molar-refractivity contribution >= 4 is 58.1 Å². The minimum absolute atomic E-state index is 0.0838. The minimum atomic E-state index is -0.659. The Morgan fingerprint density at radius 1 is 0.818 bits per heavy atom. The molecule has 17 nitrogen and oxygen atoms in total. The highest BCUT2D eigenvalue weighted by Crippen LogP contribution is 2.51. The molecule has 4 aromatic rings. The summed E-state index contributed by atoms with van der Waals surface area (Å²) >= 11 is 6.41. The number of likely N-dealkylation sites (tertiary alicyclic amines) is 1. The van der Waals surface area contributed by atoms with E-state index in [2.05, 4.69) is 51.6 Å². The molecule has 4 amide bonds. The van der Waals surface area contributed by atoms with E-state index in [0.717, 1.165) is 150 Å². The fraction of sp³-hybridized carbons (Fsp3) is 0.610. The molecule has 2 atom stereocenters. The van der Waals surface area contributed by atoms with Crippen molar-refractivity contribution in [2.24, 2.45) is 16.3 Å². The highest BCUT2D eigenvalue weighted by Gasteiger charge is 2.65. The van der Waals surface area contributed by atoms with Crippen LogP contribution in [0.2, 0.25) is 5.02 Å². The number of amidine groups is 1. The Labute approximate surface area is 457 Å². The highest BCUT2D eigenvalue weighted by molar-refractivity contribution is 6.30. The topological polar surface area (TPSA) is 163 Å². The SMILES string of the molecule is CC(C)(C)OC(=O)N1C(=N[C@@H](CCN2CCN(C(=O)C34CCC(CN5CCN(C(=O)c6cccc(C7CCCN(C(=O)C8CC8)C7)c6)CC5)(CC3)OC4)CC2)c2ccc(Cl)cc2)C12CCN(c1ncnc3[nH]ccc13)CC2. The molecule has 9 aliphatic rings. The summed E-state index contributed by atoms with van der Waals surface area (Å²) in [4.78, 5) is 87.9. The molecule has 13 rings (SSSR count). The van der Waals surface area contributed by atoms with Crippen molar-refractivity contribution in [1.29, 1.82) is 0 Å². The first-order chi connectivity index (χ1) is 37.2. The molecule has 7 aliphatic heterocycles. The summed E-state index contributed by atoms with van der Waals surface area (Å²) < 4.78 is 12.8. The number of carbonyl (C=O) groups excluding carboxylic acids is 4. The van der Waals surface area contributed by atoms with Crippen molar-refractivity contribution in [2.45, 2.75) is 120 Å². The first-order valence-corrected chi connectivity index (χ1v) is 29.0. The van der Waals surface area contributed by atoms with Gasteiger partial charge in [0, 0.05) is 120 Å². The third-order valence-corrected chi connectivity index (χ3v) is 18.6. The number of aliphatic imine (C=N–C) groups is 1. The summed E-state index contributed by atoms with van der Waals surface area (Å²) in [7, 11) is 0. The van der Waals surface area contributed by atoms with E-state index in [9.17, 15) is 19.2 Å². The van der Waals surface area contributed by atoms with Gasteiger partial charge in [-0.25, -0.2) is 19.7 Å². The molecule has 18 heteroatoms. The second-order valence-corrected chi connectivity index (χ2v) is 25.0. The number of rotatable bonds is 12. The summed E-state index contributed by atoms with van der Waals surface area (Å²) in [6.45, 7) is 16.6. The Hall–Kier alpha value is -5.62. The lowest BCUT2D eigenvalue weighted by atomic mass is 9.65. The van der Waals surface area contributed by atoms with Crippen molar-refractivity contribution in [3.8, 4) is 0 Å². The second-order valence-electron chi connectivity index (χ2n) is 24.6. The molecule has 2 saturated carbocycles. The standard InChI is InChI=1S/C59H76ClN11O6/c1-56(2,3)77-55(75)71-53(59(71)21-26-67(27-22-59)50-47-15-23-61-49(47)62-40-63-50)64-48(41-11-13-46(60)14-12-41)16-25-65-28-34-69(35-29-65)54(74)57-17-19-58(20-18-57,76-39-57)38-66-30-32-68(33-31-66)52(73)44-7-4-6-43(36-44)45-8-5-24-70(37-45)51(72)42-9-10-42/h4,6-7,11-15,23,36,40,42,45,48H,5,8-10,16-22,24-35,37-39H2,1-3H3,(H,61,62,63)/t45?,48-,57?,58?,71?/m0/s1. The van der Waals surface area contributed by atoms with E-state index in [0.29, 0.717) is 69.6 Å². The largest absolute Gasteiger partial charge is 0.443 e. The number of anilines is 1. The van der Waals surface area contributed by atoms with Crippen molar-refractivity contribution in [2.75, 3.05) is 103 Å². The summed E-state index contributed by atoms with van der Waals surface area (Å²) in [5.41, 5.74) is 1.82. The maximum Gasteiger partial charge on any atom is 0.416 e. The molecule has 410 valence electrons. The van der Waals surface area contributed by atoms with E-state index in [1.54, 1.807) is 11.2 Å². The van der Waals surface area contributed by atoms with Gasteiger partial charge in [-0.2, -0.15) is 0 Å². The zero-order valence-electron chi connectivity index (χ0n) is 45.3. The molecule has 9 heterocycles. The maximum absolute atomic E-state index is 14.5. The Balaban J connectivity index is 0.628. The lowest BCUT2D eigenvalue weighted by molar-refractivity contribution is -0.203. The Bertz CT molecular complexity index is 2850. The molecule has 2 aliphatic carbocycles. The average molecular weight is 1070 g/mol. The van der Waals surface area contributed by atoms with Crippen LogP contribution in [-0.2, 0) is 19.1 Å². The number of H-pyrrole nitrogens is 1. The van der Waals surface area contributed by atoms with Gasteiger partial charge in [0.1, 0.15) is 34.8 Å². The predicted octanol–water partition coefficient (Wildman–Crippen LogP) is 7.78. The minimum Gasteiger partial charge on any atom is -0.443 e. The summed E-state index contributed by atoms with van der Waals surface area (Å²) in [6, 6.07) is 17.8. The van der Waals surface area contributed by atoms with Crippen LogP contribution in [0.3, 0.4) is 0 Å². The Morgan fingerprint density at radius 2 is 1.55 bits per heavy atom. The molecule has 2 bridgehead atoms. The molecule has 1 N–H and O–H groups in total. The summed E-state index contributed by atoms with van der Waals surface area (Å²) in [6.07, 6.45) is 12.8. The van der Waals surface area contributed by atoms with Gasteiger partial charge in [0.15, 0.2) is 0 Å². The molecule has 0 radical (unpaired) electrons. The van der Waals surface area contributed by atoms with Crippen LogP contribution in [-0.4, -0.2) is 189 Å². The molecule has 1 unspecified atom stereocenters. The Kier molecular flexibility index (Phi) is 14.1. The highest BCUT2D eigenvalue weighted by atomic mass is 35.5. The van der Waals surface area contributed by atoms with Gasteiger partial charge in [0.2, 0.25) is 11.8 Å². The van der Waals surface area contributed by atoms with E-state index in [1.807, 2.05) is 74.3 Å². The van der Waals surface area contributed by atoms with Gasteiger partial charge in [0.25, 0.3) is 5.91 Å². The number of nitrogens with zero attached hydrogens (tertiary/aromatic N) is 10. The molecule has 9 fully saturated rings. The average Bonchev–Trinajstić information content (AvgIpc) is 4.49. The number of nitrogens with one attached hydrogen (secondary N) is 1. The Morgan fingerprint density at radius 3 is 2.25 bits per heavy atom. The van der Waals surface area contributed by atoms with Crippen LogP contribution in [0, 0.1) is 11.3 Å². The van der Waals surface area contributed by atoms with E-state index >= 15 is 0 Å². The number of benzene rings is 2. The number of piperazine rings is 2. The van der Waals surface area contributed by atoms with Gasteiger partial charge in [-0.3, -0.25) is 29.2 Å². The summed E-state index contributed by atoms with van der Waals surface area (Å²) in [5.74, 6) is 2.81. The van der Waals surface area contributed by atoms with E-state index in [-0.39, 0.29) is 41.4 Å². The van der Waals surface area contributed by atoms with E-state index in [1.165, 1.54) is 0 Å². The van der Waals surface area contributed by atoms with Gasteiger partial charge in [-0.1, -0.05) is 35.9 Å². The van der Waals surface area contributed by atoms with Crippen LogP contribution >= 0.6 is 11.6 Å². The number of fused-ring (bicyclic) bond motifs is 4. The molecule has 77 heavy (non-hydrogen) atoms. The second kappa shape index (κ2) is 20.9. The number of hydrogen-bond donors (Lipinski definition) is 1.